The van der Waals surface area contributed by atoms with Gasteiger partial charge in [0.25, 0.3) is 0 Å². The summed E-state index contributed by atoms with van der Waals surface area (Å²) in [7, 11) is 0. The van der Waals surface area contributed by atoms with Gasteiger partial charge in [-0.1, -0.05) is 44.5 Å². The van der Waals surface area contributed by atoms with Gasteiger partial charge in [0, 0.05) is 0 Å². The molecule has 0 spiro atoms. The summed E-state index contributed by atoms with van der Waals surface area (Å²) in [5.41, 5.74) is 2.03. The summed E-state index contributed by atoms with van der Waals surface area (Å²) in [6.45, 7) is 7.51. The predicted octanol–water partition coefficient (Wildman–Crippen LogP) is 3.98. The third kappa shape index (κ3) is 8.34. The molecule has 0 saturated carbocycles. The van der Waals surface area contributed by atoms with Gasteiger partial charge in [-0.15, -0.1) is 0 Å². The topological polar surface area (TPSA) is 74.8 Å². The van der Waals surface area contributed by atoms with Crippen LogP contribution in [0.2, 0.25) is 0 Å². The van der Waals surface area contributed by atoms with E-state index in [9.17, 15) is 0 Å². The van der Waals surface area contributed by atoms with E-state index in [-0.39, 0.29) is 11.5 Å². The van der Waals surface area contributed by atoms with Gasteiger partial charge in [0.1, 0.15) is 23.7 Å². The van der Waals surface area contributed by atoms with Gasteiger partial charge >= 0.3 is 0 Å². The highest BCUT2D eigenvalue weighted by Gasteiger charge is 2.26. The number of hydrogen-bond acceptors (Lipinski definition) is 5. The van der Waals surface area contributed by atoms with E-state index in [1.54, 1.807) is 24.3 Å². The van der Waals surface area contributed by atoms with Crippen LogP contribution in [0.3, 0.4) is 0 Å². The first kappa shape index (κ1) is 20.2. The molecular formula is C21H28O5. The molecule has 2 N–H and O–H groups in total. The highest BCUT2D eigenvalue weighted by atomic mass is 16.6. The highest BCUT2D eigenvalue weighted by molar-refractivity contribution is 5.64. The maximum Gasteiger partial charge on any atom is 0.115 e. The van der Waals surface area contributed by atoms with E-state index in [0.717, 1.165) is 37.6 Å². The number of epoxide rings is 2. The van der Waals surface area contributed by atoms with Gasteiger partial charge in [0.2, 0.25) is 0 Å². The Morgan fingerprint density at radius 1 is 0.769 bits per heavy atom. The second-order valence-electron chi connectivity index (χ2n) is 6.25. The lowest BCUT2D eigenvalue weighted by molar-refractivity contribution is 0.102. The molecule has 2 atom stereocenters. The van der Waals surface area contributed by atoms with Crippen molar-refractivity contribution in [3.63, 3.8) is 0 Å². The number of rotatable bonds is 5. The van der Waals surface area contributed by atoms with Crippen molar-refractivity contribution in [1.82, 2.24) is 0 Å². The number of benzene rings is 2. The fourth-order valence-corrected chi connectivity index (χ4v) is 1.97. The molecule has 0 aliphatic carbocycles. The molecular weight excluding hydrogens is 332 g/mol. The minimum Gasteiger partial charge on any atom is -0.508 e. The summed E-state index contributed by atoms with van der Waals surface area (Å²) in [6, 6.07) is 13.9. The van der Waals surface area contributed by atoms with Crippen molar-refractivity contribution in [2.24, 2.45) is 0 Å². The minimum absolute atomic E-state index is 0.257. The molecule has 0 amide bonds. The number of phenols is 2. The molecule has 2 aliphatic heterocycles. The van der Waals surface area contributed by atoms with Crippen LogP contribution in [0.4, 0.5) is 0 Å². The van der Waals surface area contributed by atoms with Gasteiger partial charge in [-0.2, -0.15) is 0 Å². The number of ether oxygens (including phenoxy) is 3. The Morgan fingerprint density at radius 2 is 1.08 bits per heavy atom. The van der Waals surface area contributed by atoms with Gasteiger partial charge in [0.05, 0.1) is 26.4 Å². The summed E-state index contributed by atoms with van der Waals surface area (Å²) in [5, 5.41) is 18.2. The molecule has 5 heteroatoms. The lowest BCUT2D eigenvalue weighted by Crippen LogP contribution is -2.06. The molecule has 2 fully saturated rings. The first-order valence-electron chi connectivity index (χ1n) is 9.01. The summed E-state index contributed by atoms with van der Waals surface area (Å²) in [6.07, 6.45) is 2.03. The van der Waals surface area contributed by atoms with Crippen molar-refractivity contribution in [3.8, 4) is 22.6 Å². The standard InChI is InChI=1S/C12H10O2.C6H10O3.C3H8/c13-11-5-1-9(2-6-11)10-3-7-12(14)8-4-10;1(5-3-8-5)7-2-6-4-9-6;1-3-2/h1-8,13-14H;5-6H,1-4H2;3H2,1-2H3. The van der Waals surface area contributed by atoms with E-state index >= 15 is 0 Å². The zero-order valence-corrected chi connectivity index (χ0v) is 15.4. The maximum absolute atomic E-state index is 9.11. The molecule has 2 aliphatic rings. The largest absolute Gasteiger partial charge is 0.508 e. The van der Waals surface area contributed by atoms with Crippen LogP contribution in [0.25, 0.3) is 11.1 Å². The van der Waals surface area contributed by atoms with Crippen LogP contribution in [-0.2, 0) is 14.2 Å². The summed E-state index contributed by atoms with van der Waals surface area (Å²) < 4.78 is 15.1. The van der Waals surface area contributed by atoms with E-state index in [4.69, 9.17) is 24.4 Å². The number of phenolic OH excluding ortho intramolecular Hbond substituents is 2. The van der Waals surface area contributed by atoms with Gasteiger partial charge in [-0.05, 0) is 35.4 Å². The molecule has 0 radical (unpaired) electrons. The third-order valence-corrected chi connectivity index (χ3v) is 3.48. The van der Waals surface area contributed by atoms with Crippen molar-refractivity contribution >= 4 is 0 Å². The molecule has 142 valence electrons. The Hall–Kier alpha value is -2.08. The zero-order valence-electron chi connectivity index (χ0n) is 15.4. The van der Waals surface area contributed by atoms with Crippen LogP contribution in [0, 0.1) is 0 Å². The Kier molecular flexibility index (Phi) is 8.41. The summed E-state index contributed by atoms with van der Waals surface area (Å²) in [5.74, 6) is 0.514. The van der Waals surface area contributed by atoms with Crippen LogP contribution in [0.15, 0.2) is 48.5 Å². The van der Waals surface area contributed by atoms with Crippen molar-refractivity contribution in [2.75, 3.05) is 26.4 Å². The number of aromatic hydroxyl groups is 2. The molecule has 0 aromatic heterocycles. The highest BCUT2D eigenvalue weighted by Crippen LogP contribution is 2.23. The third-order valence-electron chi connectivity index (χ3n) is 3.48. The fourth-order valence-electron chi connectivity index (χ4n) is 1.97. The van der Waals surface area contributed by atoms with E-state index in [0.29, 0.717) is 12.2 Å². The monoisotopic (exact) mass is 360 g/mol. The second kappa shape index (κ2) is 10.8. The molecule has 2 unspecified atom stereocenters. The molecule has 5 nitrogen and oxygen atoms in total. The molecule has 26 heavy (non-hydrogen) atoms. The van der Waals surface area contributed by atoms with Gasteiger partial charge in [0.15, 0.2) is 0 Å². The van der Waals surface area contributed by atoms with Crippen LogP contribution in [-0.4, -0.2) is 48.8 Å². The Balaban J connectivity index is 0.000000173. The van der Waals surface area contributed by atoms with Crippen molar-refractivity contribution in [3.05, 3.63) is 48.5 Å². The SMILES string of the molecule is C(OCC1CO1)C1CO1.CCC.Oc1ccc(-c2ccc(O)cc2)cc1. The second-order valence-corrected chi connectivity index (χ2v) is 6.25. The first-order chi connectivity index (χ1) is 12.6. The van der Waals surface area contributed by atoms with E-state index < -0.39 is 0 Å². The maximum atomic E-state index is 9.11. The Morgan fingerprint density at radius 3 is 1.35 bits per heavy atom. The number of hydrogen-bond donors (Lipinski definition) is 2. The van der Waals surface area contributed by atoms with Gasteiger partial charge < -0.3 is 24.4 Å². The lowest BCUT2D eigenvalue weighted by Gasteiger charge is -2.01. The lowest BCUT2D eigenvalue weighted by atomic mass is 10.1. The quantitative estimate of drug-likeness (QED) is 0.789. The molecule has 2 heterocycles. The normalized spacial score (nSPS) is 19.5. The zero-order chi connectivity index (χ0) is 18.8. The molecule has 0 bridgehead atoms. The van der Waals surface area contributed by atoms with E-state index in [2.05, 4.69) is 13.8 Å². The van der Waals surface area contributed by atoms with E-state index in [1.165, 1.54) is 6.42 Å². The molecule has 2 aromatic carbocycles. The van der Waals surface area contributed by atoms with Crippen LogP contribution in [0.1, 0.15) is 20.3 Å². The average molecular weight is 360 g/mol. The fraction of sp³-hybridized carbons (Fsp3) is 0.429. The average Bonchev–Trinajstić information content (AvgIpc) is 3.54. The summed E-state index contributed by atoms with van der Waals surface area (Å²) in [4.78, 5) is 0. The minimum atomic E-state index is 0.257. The van der Waals surface area contributed by atoms with E-state index in [1.807, 2.05) is 24.3 Å². The molecule has 4 rings (SSSR count). The summed E-state index contributed by atoms with van der Waals surface area (Å²) >= 11 is 0. The van der Waals surface area contributed by atoms with Gasteiger partial charge in [-0.3, -0.25) is 0 Å². The Bertz CT molecular complexity index is 560. The predicted molar refractivity (Wildman–Crippen MR) is 101 cm³/mol. The van der Waals surface area contributed by atoms with Crippen LogP contribution < -0.4 is 0 Å². The smallest absolute Gasteiger partial charge is 0.115 e. The van der Waals surface area contributed by atoms with Crippen molar-refractivity contribution < 1.29 is 24.4 Å². The molecule has 2 aromatic rings. The van der Waals surface area contributed by atoms with Crippen molar-refractivity contribution in [2.45, 2.75) is 32.5 Å². The van der Waals surface area contributed by atoms with Crippen molar-refractivity contribution in [1.29, 1.82) is 0 Å². The van der Waals surface area contributed by atoms with Crippen LogP contribution in [0.5, 0.6) is 11.5 Å². The Labute approximate surface area is 155 Å². The first-order valence-corrected chi connectivity index (χ1v) is 9.01. The molecule has 2 saturated heterocycles. The van der Waals surface area contributed by atoms with Gasteiger partial charge in [-0.25, -0.2) is 0 Å². The van der Waals surface area contributed by atoms with Crippen LogP contribution >= 0.6 is 0 Å².